The molecule has 0 fully saturated rings. The number of hydrogen-bond acceptors (Lipinski definition) is 4. The predicted octanol–water partition coefficient (Wildman–Crippen LogP) is 2.07. The Kier molecular flexibility index (Phi) is 3.40. The fourth-order valence-electron chi connectivity index (χ4n) is 1.46. The maximum absolute atomic E-state index is 5.32. The molecule has 86 valence electrons. The van der Waals surface area contributed by atoms with Crippen molar-refractivity contribution in [2.75, 3.05) is 19.0 Å². The van der Waals surface area contributed by atoms with Crippen LogP contribution in [0.4, 0.5) is 5.82 Å². The van der Waals surface area contributed by atoms with E-state index in [1.165, 1.54) is 0 Å². The molecule has 0 aliphatic rings. The van der Waals surface area contributed by atoms with Crippen LogP contribution in [0.15, 0.2) is 17.0 Å². The Bertz CT molecular complexity index is 497. The summed E-state index contributed by atoms with van der Waals surface area (Å²) in [5.41, 5.74) is 1.71. The molecule has 0 bridgehead atoms. The molecular weight excluding hydrogens is 272 g/mol. The maximum atomic E-state index is 5.32. The number of ether oxygens (including phenoxy) is 1. The van der Waals surface area contributed by atoms with E-state index in [9.17, 15) is 0 Å². The lowest BCUT2D eigenvalue weighted by molar-refractivity contribution is 0.131. The first kappa shape index (κ1) is 11.3. The number of imidazole rings is 1. The van der Waals surface area contributed by atoms with Crippen LogP contribution in [-0.4, -0.2) is 28.0 Å². The molecule has 16 heavy (non-hydrogen) atoms. The maximum Gasteiger partial charge on any atom is 0.180 e. The second-order valence-corrected chi connectivity index (χ2v) is 4.07. The van der Waals surface area contributed by atoms with Crippen molar-refractivity contribution in [3.05, 3.63) is 22.7 Å². The van der Waals surface area contributed by atoms with Crippen LogP contribution in [-0.2, 0) is 11.3 Å². The van der Waals surface area contributed by atoms with Gasteiger partial charge in [-0.05, 0) is 22.9 Å². The normalized spacial score (nSPS) is 10.9. The van der Waals surface area contributed by atoms with Gasteiger partial charge in [0.05, 0.1) is 12.3 Å². The summed E-state index contributed by atoms with van der Waals surface area (Å²) in [6.07, 6.45) is 3.82. The average molecular weight is 285 g/mol. The van der Waals surface area contributed by atoms with E-state index in [0.29, 0.717) is 13.2 Å². The van der Waals surface area contributed by atoms with Crippen molar-refractivity contribution in [3.63, 3.8) is 0 Å². The molecule has 0 amide bonds. The van der Waals surface area contributed by atoms with Crippen LogP contribution in [0.5, 0.6) is 0 Å². The molecule has 2 aromatic rings. The average Bonchev–Trinajstić information content (AvgIpc) is 2.67. The molecule has 6 heteroatoms. The van der Waals surface area contributed by atoms with E-state index in [1.54, 1.807) is 0 Å². The van der Waals surface area contributed by atoms with Gasteiger partial charge < -0.3 is 14.5 Å². The molecule has 0 unspecified atom stereocenters. The van der Waals surface area contributed by atoms with Gasteiger partial charge >= 0.3 is 0 Å². The van der Waals surface area contributed by atoms with Gasteiger partial charge in [-0.1, -0.05) is 0 Å². The van der Waals surface area contributed by atoms with Gasteiger partial charge in [-0.2, -0.15) is 0 Å². The van der Waals surface area contributed by atoms with Gasteiger partial charge in [0.25, 0.3) is 0 Å². The Labute approximate surface area is 102 Å². The van der Waals surface area contributed by atoms with E-state index in [2.05, 4.69) is 31.2 Å². The SMILES string of the molecule is CCOCc1cn2cc(Br)nc(NC)c2n1. The molecule has 0 aliphatic carbocycles. The number of anilines is 1. The van der Waals surface area contributed by atoms with Crippen LogP contribution in [0, 0.1) is 0 Å². The smallest absolute Gasteiger partial charge is 0.180 e. The molecule has 0 saturated heterocycles. The van der Waals surface area contributed by atoms with Crippen molar-refractivity contribution in [2.45, 2.75) is 13.5 Å². The van der Waals surface area contributed by atoms with Crippen LogP contribution < -0.4 is 5.32 Å². The highest BCUT2D eigenvalue weighted by atomic mass is 79.9. The Hall–Kier alpha value is -1.14. The minimum absolute atomic E-state index is 0.527. The number of fused-ring (bicyclic) bond motifs is 1. The molecular formula is C10H13BrN4O. The molecule has 0 saturated carbocycles. The number of rotatable bonds is 4. The molecule has 0 aromatic carbocycles. The number of aromatic nitrogens is 3. The third-order valence-corrected chi connectivity index (χ3v) is 2.53. The number of halogens is 1. The van der Waals surface area contributed by atoms with Crippen molar-refractivity contribution in [1.29, 1.82) is 0 Å². The zero-order chi connectivity index (χ0) is 11.5. The van der Waals surface area contributed by atoms with E-state index in [1.807, 2.05) is 30.8 Å². The quantitative estimate of drug-likeness (QED) is 0.934. The molecule has 2 heterocycles. The van der Waals surface area contributed by atoms with Crippen molar-refractivity contribution in [2.24, 2.45) is 0 Å². The van der Waals surface area contributed by atoms with Crippen LogP contribution in [0.2, 0.25) is 0 Å². The van der Waals surface area contributed by atoms with Gasteiger partial charge in [0.2, 0.25) is 0 Å². The number of hydrogen-bond donors (Lipinski definition) is 1. The first-order valence-corrected chi connectivity index (χ1v) is 5.83. The van der Waals surface area contributed by atoms with E-state index in [4.69, 9.17) is 4.74 Å². The van der Waals surface area contributed by atoms with Crippen LogP contribution in [0.1, 0.15) is 12.6 Å². The predicted molar refractivity (Wildman–Crippen MR) is 65.6 cm³/mol. The first-order valence-electron chi connectivity index (χ1n) is 5.04. The standard InChI is InChI=1S/C10H13BrN4O/c1-3-16-6-7-4-15-5-8(11)14-9(12-2)10(15)13-7/h4-5H,3,6H2,1-2H3,(H,12,14). The van der Waals surface area contributed by atoms with Gasteiger partial charge in [-0.25, -0.2) is 9.97 Å². The van der Waals surface area contributed by atoms with Gasteiger partial charge in [-0.15, -0.1) is 0 Å². The highest BCUT2D eigenvalue weighted by Gasteiger charge is 2.08. The molecule has 2 aromatic heterocycles. The van der Waals surface area contributed by atoms with Crippen molar-refractivity contribution < 1.29 is 4.74 Å². The first-order chi connectivity index (χ1) is 7.74. The topological polar surface area (TPSA) is 51.5 Å². The Morgan fingerprint density at radius 2 is 2.25 bits per heavy atom. The molecule has 2 rings (SSSR count). The second-order valence-electron chi connectivity index (χ2n) is 3.26. The molecule has 5 nitrogen and oxygen atoms in total. The summed E-state index contributed by atoms with van der Waals surface area (Å²) in [4.78, 5) is 8.75. The van der Waals surface area contributed by atoms with E-state index < -0.39 is 0 Å². The Balaban J connectivity index is 2.43. The summed E-state index contributed by atoms with van der Waals surface area (Å²) in [5.74, 6) is 0.747. The fourth-order valence-corrected chi connectivity index (χ4v) is 1.86. The highest BCUT2D eigenvalue weighted by molar-refractivity contribution is 9.10. The highest BCUT2D eigenvalue weighted by Crippen LogP contribution is 2.18. The Morgan fingerprint density at radius 3 is 2.94 bits per heavy atom. The summed E-state index contributed by atoms with van der Waals surface area (Å²) in [6.45, 7) is 3.18. The fraction of sp³-hybridized carbons (Fsp3) is 0.400. The zero-order valence-electron chi connectivity index (χ0n) is 9.20. The summed E-state index contributed by atoms with van der Waals surface area (Å²) in [7, 11) is 1.83. The van der Waals surface area contributed by atoms with E-state index in [-0.39, 0.29) is 0 Å². The molecule has 0 spiro atoms. The monoisotopic (exact) mass is 284 g/mol. The van der Waals surface area contributed by atoms with Crippen molar-refractivity contribution in [3.8, 4) is 0 Å². The lowest BCUT2D eigenvalue weighted by Crippen LogP contribution is -1.97. The van der Waals surface area contributed by atoms with Crippen LogP contribution >= 0.6 is 15.9 Å². The number of nitrogens with one attached hydrogen (secondary N) is 1. The summed E-state index contributed by atoms with van der Waals surface area (Å²) >= 11 is 3.36. The summed E-state index contributed by atoms with van der Waals surface area (Å²) in [6, 6.07) is 0. The van der Waals surface area contributed by atoms with Crippen LogP contribution in [0.25, 0.3) is 5.65 Å². The molecule has 0 radical (unpaired) electrons. The van der Waals surface area contributed by atoms with E-state index >= 15 is 0 Å². The summed E-state index contributed by atoms with van der Waals surface area (Å²) < 4.78 is 8.02. The van der Waals surface area contributed by atoms with Gasteiger partial charge in [0.15, 0.2) is 11.5 Å². The Morgan fingerprint density at radius 1 is 1.44 bits per heavy atom. The molecule has 1 N–H and O–H groups in total. The van der Waals surface area contributed by atoms with Crippen molar-refractivity contribution in [1.82, 2.24) is 14.4 Å². The number of nitrogens with zero attached hydrogens (tertiary/aromatic N) is 3. The molecule has 0 atom stereocenters. The third-order valence-electron chi connectivity index (χ3n) is 2.15. The molecule has 0 aliphatic heterocycles. The van der Waals surface area contributed by atoms with Gasteiger partial charge in [-0.3, -0.25) is 0 Å². The van der Waals surface area contributed by atoms with Crippen molar-refractivity contribution >= 4 is 27.4 Å². The van der Waals surface area contributed by atoms with Gasteiger partial charge in [0, 0.05) is 26.0 Å². The largest absolute Gasteiger partial charge is 0.375 e. The second kappa shape index (κ2) is 4.80. The lowest BCUT2D eigenvalue weighted by Gasteiger charge is -2.01. The van der Waals surface area contributed by atoms with Gasteiger partial charge in [0.1, 0.15) is 4.60 Å². The summed E-state index contributed by atoms with van der Waals surface area (Å²) in [5, 5.41) is 3.01. The minimum atomic E-state index is 0.527. The van der Waals surface area contributed by atoms with E-state index in [0.717, 1.165) is 21.8 Å². The third kappa shape index (κ3) is 2.17. The van der Waals surface area contributed by atoms with Crippen LogP contribution in [0.3, 0.4) is 0 Å². The lowest BCUT2D eigenvalue weighted by atomic mass is 10.5. The minimum Gasteiger partial charge on any atom is -0.375 e. The zero-order valence-corrected chi connectivity index (χ0v) is 10.8.